The van der Waals surface area contributed by atoms with Crippen LogP contribution in [0, 0.1) is 23.0 Å². The maximum atomic E-state index is 13.7. The highest BCUT2D eigenvalue weighted by atomic mass is 35.5. The lowest BCUT2D eigenvalue weighted by Gasteiger charge is -2.11. The first-order valence-electron chi connectivity index (χ1n) is 5.70. The van der Waals surface area contributed by atoms with E-state index in [1.807, 2.05) is 0 Å². The van der Waals surface area contributed by atoms with E-state index in [9.17, 15) is 14.0 Å². The van der Waals surface area contributed by atoms with Crippen molar-refractivity contribution in [3.8, 4) is 6.07 Å². The number of nitrogens with zero attached hydrogens (tertiary/aromatic N) is 1. The largest absolute Gasteiger partial charge is 0.207 e. The van der Waals surface area contributed by atoms with Crippen LogP contribution in [0.3, 0.4) is 0 Å². The van der Waals surface area contributed by atoms with Gasteiger partial charge in [0.1, 0.15) is 11.6 Å². The summed E-state index contributed by atoms with van der Waals surface area (Å²) in [6, 6.07) is 12.2. The molecule has 0 radical (unpaired) electrons. The Morgan fingerprint density at radius 2 is 1.89 bits per heavy atom. The molecule has 1 unspecified atom stereocenters. The highest BCUT2D eigenvalue weighted by molar-refractivity contribution is 6.31. The van der Waals surface area contributed by atoms with E-state index in [2.05, 4.69) is 6.07 Å². The average molecular weight is 278 g/mol. The summed E-state index contributed by atoms with van der Waals surface area (Å²) in [7, 11) is 0. The van der Waals surface area contributed by atoms with Crippen LogP contribution in [-0.4, -0.2) is 0 Å². The zero-order valence-corrected chi connectivity index (χ0v) is 10.7. The molecule has 0 saturated carbocycles. The molecule has 19 heavy (non-hydrogen) atoms. The first-order chi connectivity index (χ1) is 9.11. The van der Waals surface area contributed by atoms with Gasteiger partial charge in [-0.05, 0) is 36.2 Å². The number of rotatable bonds is 3. The van der Waals surface area contributed by atoms with Gasteiger partial charge in [-0.3, -0.25) is 0 Å². The molecule has 0 bridgehead atoms. The molecule has 0 aliphatic rings. The summed E-state index contributed by atoms with van der Waals surface area (Å²) in [5, 5.41) is 9.45. The van der Waals surface area contributed by atoms with Crippen molar-refractivity contribution in [2.75, 3.05) is 0 Å². The minimum Gasteiger partial charge on any atom is -0.207 e. The van der Waals surface area contributed by atoms with Crippen LogP contribution in [0.25, 0.3) is 0 Å². The predicted molar refractivity (Wildman–Crippen MR) is 69.9 cm³/mol. The molecule has 0 aromatic heterocycles. The first-order valence-corrected chi connectivity index (χ1v) is 6.07. The Morgan fingerprint density at radius 1 is 1.16 bits per heavy atom. The van der Waals surface area contributed by atoms with Crippen molar-refractivity contribution in [1.29, 1.82) is 5.26 Å². The van der Waals surface area contributed by atoms with E-state index in [0.717, 1.165) is 0 Å². The molecule has 1 atom stereocenters. The van der Waals surface area contributed by atoms with E-state index >= 15 is 0 Å². The number of halogens is 3. The van der Waals surface area contributed by atoms with Crippen LogP contribution in [0.2, 0.25) is 5.02 Å². The van der Waals surface area contributed by atoms with Crippen molar-refractivity contribution in [3.05, 3.63) is 70.2 Å². The van der Waals surface area contributed by atoms with Gasteiger partial charge in [0.25, 0.3) is 0 Å². The Morgan fingerprint density at radius 3 is 2.53 bits per heavy atom. The van der Waals surface area contributed by atoms with Crippen LogP contribution in [0.4, 0.5) is 8.78 Å². The van der Waals surface area contributed by atoms with Crippen molar-refractivity contribution < 1.29 is 8.78 Å². The second kappa shape index (κ2) is 5.81. The lowest BCUT2D eigenvalue weighted by molar-refractivity contribution is 0.602. The third kappa shape index (κ3) is 3.10. The zero-order chi connectivity index (χ0) is 13.8. The fraction of sp³-hybridized carbons (Fsp3) is 0.133. The number of benzene rings is 2. The molecule has 0 N–H and O–H groups in total. The van der Waals surface area contributed by atoms with Crippen molar-refractivity contribution in [1.82, 2.24) is 0 Å². The highest BCUT2D eigenvalue weighted by Gasteiger charge is 2.16. The lowest BCUT2D eigenvalue weighted by Crippen LogP contribution is -2.03. The summed E-state index contributed by atoms with van der Waals surface area (Å²) in [6.07, 6.45) is 0.117. The Bertz CT molecular complexity index is 614. The summed E-state index contributed by atoms with van der Waals surface area (Å²) in [5.41, 5.74) is 0.793. The van der Waals surface area contributed by atoms with Gasteiger partial charge in [0.05, 0.1) is 12.0 Å². The van der Waals surface area contributed by atoms with Gasteiger partial charge in [0.15, 0.2) is 0 Å². The fourth-order valence-corrected chi connectivity index (χ4v) is 2.13. The third-order valence-corrected chi connectivity index (χ3v) is 3.23. The Balaban J connectivity index is 2.33. The second-order valence-corrected chi connectivity index (χ2v) is 4.55. The molecule has 2 aromatic carbocycles. The molecular formula is C15H10ClF2N. The van der Waals surface area contributed by atoms with E-state index in [4.69, 9.17) is 11.6 Å². The number of hydrogen-bond acceptors (Lipinski definition) is 1. The number of nitriles is 1. The smallest absolute Gasteiger partial charge is 0.127 e. The molecule has 1 nitrogen and oxygen atoms in total. The van der Waals surface area contributed by atoms with Crippen LogP contribution in [0.5, 0.6) is 0 Å². The standard InChI is InChI=1S/C15H10ClF2N/c16-14-5-2-6-15(18)13(14)8-11(9-19)10-3-1-4-12(17)7-10/h1-7,11H,8H2. The van der Waals surface area contributed by atoms with Crippen molar-refractivity contribution in [2.45, 2.75) is 12.3 Å². The van der Waals surface area contributed by atoms with Crippen molar-refractivity contribution >= 4 is 11.6 Å². The second-order valence-electron chi connectivity index (χ2n) is 4.14. The van der Waals surface area contributed by atoms with E-state index in [-0.39, 0.29) is 17.0 Å². The zero-order valence-electron chi connectivity index (χ0n) is 9.91. The van der Waals surface area contributed by atoms with Gasteiger partial charge in [-0.1, -0.05) is 29.8 Å². The molecular weight excluding hydrogens is 268 g/mol. The summed E-state index contributed by atoms with van der Waals surface area (Å²) in [4.78, 5) is 0. The average Bonchev–Trinajstić information content (AvgIpc) is 2.38. The molecule has 4 heteroatoms. The monoisotopic (exact) mass is 277 g/mol. The molecule has 2 rings (SSSR count). The Kier molecular flexibility index (Phi) is 4.13. The van der Waals surface area contributed by atoms with Gasteiger partial charge in [0.2, 0.25) is 0 Å². The molecule has 0 spiro atoms. The van der Waals surface area contributed by atoms with Gasteiger partial charge in [0, 0.05) is 10.6 Å². The van der Waals surface area contributed by atoms with Gasteiger partial charge < -0.3 is 0 Å². The first kappa shape index (κ1) is 13.5. The van der Waals surface area contributed by atoms with E-state index in [1.54, 1.807) is 12.1 Å². The van der Waals surface area contributed by atoms with Crippen molar-refractivity contribution in [3.63, 3.8) is 0 Å². The van der Waals surface area contributed by atoms with Gasteiger partial charge in [-0.2, -0.15) is 5.26 Å². The van der Waals surface area contributed by atoms with Crippen LogP contribution in [0.1, 0.15) is 17.0 Å². The summed E-state index contributed by atoms with van der Waals surface area (Å²) >= 11 is 5.93. The summed E-state index contributed by atoms with van der Waals surface area (Å²) in [6.45, 7) is 0. The van der Waals surface area contributed by atoms with Gasteiger partial charge in [-0.25, -0.2) is 8.78 Å². The van der Waals surface area contributed by atoms with E-state index < -0.39 is 17.6 Å². The topological polar surface area (TPSA) is 23.8 Å². The molecule has 0 saturated heterocycles. The Hall–Kier alpha value is -1.92. The summed E-state index contributed by atoms with van der Waals surface area (Å²) < 4.78 is 26.8. The van der Waals surface area contributed by atoms with Crippen LogP contribution in [0.15, 0.2) is 42.5 Å². The van der Waals surface area contributed by atoms with Crippen molar-refractivity contribution in [2.24, 2.45) is 0 Å². The minimum atomic E-state index is -0.634. The van der Waals surface area contributed by atoms with Crippen LogP contribution in [-0.2, 0) is 6.42 Å². The lowest BCUT2D eigenvalue weighted by atomic mass is 9.93. The van der Waals surface area contributed by atoms with Crippen LogP contribution < -0.4 is 0 Å². The fourth-order valence-electron chi connectivity index (χ4n) is 1.89. The molecule has 0 fully saturated rings. The third-order valence-electron chi connectivity index (χ3n) is 2.88. The van der Waals surface area contributed by atoms with E-state index in [0.29, 0.717) is 5.56 Å². The van der Waals surface area contributed by atoms with E-state index in [1.165, 1.54) is 30.3 Å². The highest BCUT2D eigenvalue weighted by Crippen LogP contribution is 2.27. The molecule has 0 amide bonds. The Labute approximate surface area is 115 Å². The molecule has 96 valence electrons. The molecule has 2 aromatic rings. The quantitative estimate of drug-likeness (QED) is 0.812. The normalized spacial score (nSPS) is 11.9. The molecule has 0 aliphatic heterocycles. The maximum absolute atomic E-state index is 13.7. The summed E-state index contributed by atoms with van der Waals surface area (Å²) in [5.74, 6) is -1.51. The molecule has 0 heterocycles. The SMILES string of the molecule is N#CC(Cc1c(F)cccc1Cl)c1cccc(F)c1. The van der Waals surface area contributed by atoms with Gasteiger partial charge in [-0.15, -0.1) is 0 Å². The van der Waals surface area contributed by atoms with Gasteiger partial charge >= 0.3 is 0 Å². The molecule has 0 aliphatic carbocycles. The van der Waals surface area contributed by atoms with Crippen LogP contribution >= 0.6 is 11.6 Å². The maximum Gasteiger partial charge on any atom is 0.127 e. The number of hydrogen-bond donors (Lipinski definition) is 0. The predicted octanol–water partition coefficient (Wildman–Crippen LogP) is 4.47. The minimum absolute atomic E-state index is 0.117.